The fourth-order valence-corrected chi connectivity index (χ4v) is 1.70. The zero-order valence-electron chi connectivity index (χ0n) is 9.75. The average molecular weight is 239 g/mol. The molecule has 1 aromatic rings. The summed E-state index contributed by atoms with van der Waals surface area (Å²) in [5.41, 5.74) is 5.62. The van der Waals surface area contributed by atoms with E-state index in [0.717, 1.165) is 13.0 Å². The Hall–Kier alpha value is -1.76. The van der Waals surface area contributed by atoms with Gasteiger partial charge in [-0.15, -0.1) is 0 Å². The third-order valence-corrected chi connectivity index (χ3v) is 2.47. The number of aromatic amines is 1. The van der Waals surface area contributed by atoms with Crippen LogP contribution in [0.4, 0.5) is 17.5 Å². The van der Waals surface area contributed by atoms with Gasteiger partial charge in [-0.2, -0.15) is 4.98 Å². The molecule has 0 amide bonds. The highest BCUT2D eigenvalue weighted by Crippen LogP contribution is 2.19. The van der Waals surface area contributed by atoms with E-state index in [9.17, 15) is 4.79 Å². The number of nitrogens with two attached hydrogens (primary N) is 1. The second kappa shape index (κ2) is 5.05. The molecule has 0 bridgehead atoms. The third-order valence-electron chi connectivity index (χ3n) is 2.47. The Bertz CT molecular complexity index is 445. The molecule has 1 aliphatic rings. The summed E-state index contributed by atoms with van der Waals surface area (Å²) in [5.74, 6) is 0.613. The number of ether oxygens (including phenoxy) is 1. The van der Waals surface area contributed by atoms with Crippen molar-refractivity contribution in [2.45, 2.75) is 19.4 Å². The Kier molecular flexibility index (Phi) is 3.48. The highest BCUT2D eigenvalue weighted by molar-refractivity contribution is 5.67. The molecule has 94 valence electrons. The lowest BCUT2D eigenvalue weighted by Gasteiger charge is -2.26. The largest absolute Gasteiger partial charge is 0.379 e. The number of rotatable bonds is 4. The van der Waals surface area contributed by atoms with Gasteiger partial charge in [-0.25, -0.2) is 0 Å². The van der Waals surface area contributed by atoms with Gasteiger partial charge >= 0.3 is 0 Å². The standard InChI is InChI=1S/C10H17N5O2/c1-2-3-17-5-6-4-12-8-7(13-6)9(16)15-10(11)14-8/h6,13H,2-5H2,1H3,(H4,11,12,14,15,16). The first kappa shape index (κ1) is 11.7. The fraction of sp³-hybridized carbons (Fsp3) is 0.600. The minimum atomic E-state index is -0.264. The maximum absolute atomic E-state index is 11.6. The number of aromatic nitrogens is 2. The van der Waals surface area contributed by atoms with Gasteiger partial charge in [0, 0.05) is 13.2 Å². The van der Waals surface area contributed by atoms with Crippen molar-refractivity contribution in [3.8, 4) is 0 Å². The second-order valence-corrected chi connectivity index (χ2v) is 3.97. The summed E-state index contributed by atoms with van der Waals surface area (Å²) in [7, 11) is 0. The Labute approximate surface area is 98.8 Å². The van der Waals surface area contributed by atoms with E-state index in [4.69, 9.17) is 10.5 Å². The average Bonchev–Trinajstić information content (AvgIpc) is 2.30. The molecule has 5 N–H and O–H groups in total. The van der Waals surface area contributed by atoms with E-state index >= 15 is 0 Å². The van der Waals surface area contributed by atoms with E-state index in [1.165, 1.54) is 0 Å². The van der Waals surface area contributed by atoms with Crippen molar-refractivity contribution in [2.24, 2.45) is 0 Å². The smallest absolute Gasteiger partial charge is 0.277 e. The molecular weight excluding hydrogens is 222 g/mol. The molecule has 0 aromatic carbocycles. The molecule has 2 heterocycles. The topological polar surface area (TPSA) is 105 Å². The minimum Gasteiger partial charge on any atom is -0.379 e. The lowest BCUT2D eigenvalue weighted by atomic mass is 10.2. The quantitative estimate of drug-likeness (QED) is 0.551. The van der Waals surface area contributed by atoms with E-state index in [2.05, 4.69) is 27.5 Å². The molecule has 0 saturated heterocycles. The van der Waals surface area contributed by atoms with Crippen LogP contribution in [0.1, 0.15) is 13.3 Å². The molecule has 1 aliphatic heterocycles. The normalized spacial score (nSPS) is 18.1. The van der Waals surface area contributed by atoms with Crippen molar-refractivity contribution in [3.63, 3.8) is 0 Å². The molecule has 0 radical (unpaired) electrons. The van der Waals surface area contributed by atoms with Crippen molar-refractivity contribution in [1.82, 2.24) is 9.97 Å². The molecule has 7 nitrogen and oxygen atoms in total. The molecule has 1 aromatic heterocycles. The lowest BCUT2D eigenvalue weighted by Crippen LogP contribution is -2.40. The van der Waals surface area contributed by atoms with Crippen molar-refractivity contribution < 1.29 is 4.74 Å². The summed E-state index contributed by atoms with van der Waals surface area (Å²) in [4.78, 5) is 18.1. The molecule has 1 unspecified atom stereocenters. The Morgan fingerprint density at radius 1 is 1.59 bits per heavy atom. The van der Waals surface area contributed by atoms with Gasteiger partial charge in [0.1, 0.15) is 5.69 Å². The van der Waals surface area contributed by atoms with Gasteiger partial charge in [0.2, 0.25) is 5.95 Å². The van der Waals surface area contributed by atoms with Crippen LogP contribution in [0.2, 0.25) is 0 Å². The van der Waals surface area contributed by atoms with Crippen LogP contribution < -0.4 is 21.9 Å². The van der Waals surface area contributed by atoms with Gasteiger partial charge < -0.3 is 21.1 Å². The van der Waals surface area contributed by atoms with Gasteiger partial charge in [0.25, 0.3) is 5.56 Å². The monoisotopic (exact) mass is 239 g/mol. The van der Waals surface area contributed by atoms with Crippen LogP contribution in [0.15, 0.2) is 4.79 Å². The Balaban J connectivity index is 2.06. The van der Waals surface area contributed by atoms with E-state index in [1.807, 2.05) is 0 Å². The Morgan fingerprint density at radius 2 is 2.41 bits per heavy atom. The van der Waals surface area contributed by atoms with Gasteiger partial charge in [0.15, 0.2) is 5.82 Å². The Morgan fingerprint density at radius 3 is 3.18 bits per heavy atom. The maximum Gasteiger partial charge on any atom is 0.277 e. The highest BCUT2D eigenvalue weighted by Gasteiger charge is 2.21. The van der Waals surface area contributed by atoms with Gasteiger partial charge in [0.05, 0.1) is 12.6 Å². The van der Waals surface area contributed by atoms with Crippen molar-refractivity contribution in [3.05, 3.63) is 10.4 Å². The SMILES string of the molecule is CCCOCC1CNc2nc(N)[nH]c(=O)c2N1. The number of nitrogen functional groups attached to an aromatic ring is 1. The number of hydrogen-bond donors (Lipinski definition) is 4. The number of fused-ring (bicyclic) bond motifs is 1. The summed E-state index contributed by atoms with van der Waals surface area (Å²) in [5, 5.41) is 6.17. The van der Waals surface area contributed by atoms with Crippen LogP contribution in [-0.4, -0.2) is 35.8 Å². The molecule has 7 heteroatoms. The first-order valence-corrected chi connectivity index (χ1v) is 5.68. The molecule has 0 fully saturated rings. The number of anilines is 3. The predicted octanol–water partition coefficient (Wildman–Crippen LogP) is -0.0153. The fourth-order valence-electron chi connectivity index (χ4n) is 1.70. The predicted molar refractivity (Wildman–Crippen MR) is 66.3 cm³/mol. The van der Waals surface area contributed by atoms with E-state index in [1.54, 1.807) is 0 Å². The lowest BCUT2D eigenvalue weighted by molar-refractivity contribution is 0.127. The van der Waals surface area contributed by atoms with Gasteiger partial charge in [-0.3, -0.25) is 9.78 Å². The zero-order chi connectivity index (χ0) is 12.3. The van der Waals surface area contributed by atoms with Crippen LogP contribution in [-0.2, 0) is 4.74 Å². The van der Waals surface area contributed by atoms with Crippen LogP contribution in [0, 0.1) is 0 Å². The number of nitrogens with one attached hydrogen (secondary N) is 3. The number of nitrogens with zero attached hydrogens (tertiary/aromatic N) is 1. The molecule has 0 aliphatic carbocycles. The van der Waals surface area contributed by atoms with Crippen LogP contribution in [0.5, 0.6) is 0 Å². The molecule has 1 atom stereocenters. The summed E-state index contributed by atoms with van der Waals surface area (Å²) in [6.45, 7) is 4.00. The third kappa shape index (κ3) is 2.68. The number of hydrogen-bond acceptors (Lipinski definition) is 6. The summed E-state index contributed by atoms with van der Waals surface area (Å²) < 4.78 is 5.44. The van der Waals surface area contributed by atoms with Crippen molar-refractivity contribution in [2.75, 3.05) is 36.1 Å². The molecule has 17 heavy (non-hydrogen) atoms. The summed E-state index contributed by atoms with van der Waals surface area (Å²) >= 11 is 0. The van der Waals surface area contributed by atoms with E-state index in [0.29, 0.717) is 24.7 Å². The first-order chi connectivity index (χ1) is 8.20. The maximum atomic E-state index is 11.6. The minimum absolute atomic E-state index is 0.0700. The molecule has 0 saturated carbocycles. The van der Waals surface area contributed by atoms with Gasteiger partial charge in [-0.1, -0.05) is 6.92 Å². The molecule has 2 rings (SSSR count). The van der Waals surface area contributed by atoms with Crippen LogP contribution >= 0.6 is 0 Å². The summed E-state index contributed by atoms with van der Waals surface area (Å²) in [6, 6.07) is 0.0700. The van der Waals surface area contributed by atoms with Crippen LogP contribution in [0.25, 0.3) is 0 Å². The van der Waals surface area contributed by atoms with Gasteiger partial charge in [-0.05, 0) is 6.42 Å². The zero-order valence-corrected chi connectivity index (χ0v) is 9.75. The van der Waals surface area contributed by atoms with Crippen molar-refractivity contribution in [1.29, 1.82) is 0 Å². The molecular formula is C10H17N5O2. The van der Waals surface area contributed by atoms with Crippen molar-refractivity contribution >= 4 is 17.5 Å². The highest BCUT2D eigenvalue weighted by atomic mass is 16.5. The second-order valence-electron chi connectivity index (χ2n) is 3.97. The first-order valence-electron chi connectivity index (χ1n) is 5.68. The van der Waals surface area contributed by atoms with E-state index < -0.39 is 0 Å². The molecule has 0 spiro atoms. The van der Waals surface area contributed by atoms with E-state index in [-0.39, 0.29) is 17.5 Å². The summed E-state index contributed by atoms with van der Waals surface area (Å²) in [6.07, 6.45) is 0.982. The number of H-pyrrole nitrogens is 1. The van der Waals surface area contributed by atoms with Crippen LogP contribution in [0.3, 0.4) is 0 Å².